The number of rotatable bonds is 2. The van der Waals surface area contributed by atoms with E-state index < -0.39 is 49.3 Å². The molecule has 0 bridgehead atoms. The van der Waals surface area contributed by atoms with Crippen LogP contribution in [-0.4, -0.2) is 69.8 Å². The Morgan fingerprint density at radius 3 is 2.22 bits per heavy atom. The third kappa shape index (κ3) is 3.09. The number of nitrogens with one attached hydrogen (secondary N) is 1. The van der Waals surface area contributed by atoms with Gasteiger partial charge in [0.25, 0.3) is 0 Å². The highest BCUT2D eigenvalue weighted by Crippen LogP contribution is 2.21. The first kappa shape index (κ1) is 15.1. The molecule has 106 valence electrons. The molecule has 1 saturated heterocycles. The molecule has 1 amide bonds. The Morgan fingerprint density at radius 2 is 1.78 bits per heavy atom. The Bertz CT molecular complexity index is 312. The molecule has 0 radical (unpaired) electrons. The quantitative estimate of drug-likeness (QED) is 0.379. The van der Waals surface area contributed by atoms with Crippen LogP contribution in [0.4, 0.5) is 13.2 Å². The van der Waals surface area contributed by atoms with Gasteiger partial charge in [0.05, 0.1) is 6.61 Å². The number of carbonyl (C=O) groups excluding carboxylic acids is 1. The fourth-order valence-corrected chi connectivity index (χ4v) is 1.49. The van der Waals surface area contributed by atoms with Crippen LogP contribution in [0.1, 0.15) is 0 Å². The molecule has 1 heterocycles. The third-order valence-electron chi connectivity index (χ3n) is 2.46. The van der Waals surface area contributed by atoms with Gasteiger partial charge in [-0.25, -0.2) is 0 Å². The number of ether oxygens (including phenoxy) is 1. The van der Waals surface area contributed by atoms with Gasteiger partial charge in [-0.1, -0.05) is 0 Å². The standard InChI is InChI=1S/C8H12F3NO6/c9-8(10,11)7(17)12-3-5(15)4(14)2(1-13)18-6(3)16/h2-6,13-16H,1H2,(H,12,17)/t2-,3-,4+,5-,6+/m1/s1. The Hall–Kier alpha value is -0.940. The highest BCUT2D eigenvalue weighted by molar-refractivity contribution is 5.82. The first-order valence-corrected chi connectivity index (χ1v) is 4.86. The van der Waals surface area contributed by atoms with E-state index in [4.69, 9.17) is 5.11 Å². The monoisotopic (exact) mass is 275 g/mol. The Morgan fingerprint density at radius 1 is 1.22 bits per heavy atom. The van der Waals surface area contributed by atoms with Crippen LogP contribution in [0.3, 0.4) is 0 Å². The van der Waals surface area contributed by atoms with Crippen molar-refractivity contribution in [2.45, 2.75) is 36.8 Å². The molecule has 0 aromatic rings. The van der Waals surface area contributed by atoms with Crippen LogP contribution < -0.4 is 5.32 Å². The van der Waals surface area contributed by atoms with Gasteiger partial charge in [0.2, 0.25) is 0 Å². The highest BCUT2D eigenvalue weighted by atomic mass is 19.4. The molecule has 18 heavy (non-hydrogen) atoms. The number of hydrogen-bond donors (Lipinski definition) is 5. The highest BCUT2D eigenvalue weighted by Gasteiger charge is 2.48. The van der Waals surface area contributed by atoms with Gasteiger partial charge < -0.3 is 30.5 Å². The number of alkyl halides is 3. The van der Waals surface area contributed by atoms with E-state index in [9.17, 15) is 33.3 Å². The van der Waals surface area contributed by atoms with E-state index >= 15 is 0 Å². The lowest BCUT2D eigenvalue weighted by Crippen LogP contribution is -2.65. The summed E-state index contributed by atoms with van der Waals surface area (Å²) in [7, 11) is 0. The van der Waals surface area contributed by atoms with E-state index in [2.05, 4.69) is 4.74 Å². The minimum absolute atomic E-state index is 0.755. The number of aliphatic hydroxyl groups excluding tert-OH is 4. The van der Waals surface area contributed by atoms with Gasteiger partial charge in [-0.05, 0) is 0 Å². The fraction of sp³-hybridized carbons (Fsp3) is 0.875. The average molecular weight is 275 g/mol. The zero-order valence-electron chi connectivity index (χ0n) is 8.83. The molecule has 0 saturated carbocycles. The molecule has 1 fully saturated rings. The number of halogens is 3. The molecule has 5 atom stereocenters. The van der Waals surface area contributed by atoms with Gasteiger partial charge in [0.1, 0.15) is 24.4 Å². The van der Waals surface area contributed by atoms with Crippen molar-refractivity contribution < 1.29 is 43.1 Å². The summed E-state index contributed by atoms with van der Waals surface area (Å²) in [6, 6.07) is -1.85. The second kappa shape index (κ2) is 5.36. The zero-order chi connectivity index (χ0) is 14.1. The number of aliphatic hydroxyl groups is 4. The van der Waals surface area contributed by atoms with Crippen molar-refractivity contribution in [2.24, 2.45) is 0 Å². The Balaban J connectivity index is 2.74. The number of hydrogen-bond acceptors (Lipinski definition) is 6. The molecule has 5 N–H and O–H groups in total. The molecule has 1 rings (SSSR count). The smallest absolute Gasteiger partial charge is 0.394 e. The SMILES string of the molecule is O=C(N[C@@H]1[C@@H](O)[C@@H](O)[C@@H](CO)O[C@@H]1O)C(F)(F)F. The zero-order valence-corrected chi connectivity index (χ0v) is 8.83. The first-order valence-electron chi connectivity index (χ1n) is 4.86. The molecule has 10 heteroatoms. The van der Waals surface area contributed by atoms with Crippen molar-refractivity contribution in [2.75, 3.05) is 6.61 Å². The molecule has 0 spiro atoms. The van der Waals surface area contributed by atoms with Crippen molar-refractivity contribution in [1.29, 1.82) is 0 Å². The van der Waals surface area contributed by atoms with Crippen LogP contribution in [0.25, 0.3) is 0 Å². The van der Waals surface area contributed by atoms with Gasteiger partial charge in [0, 0.05) is 0 Å². The second-order valence-electron chi connectivity index (χ2n) is 3.73. The molecular formula is C8H12F3NO6. The molecule has 1 aliphatic rings. The molecule has 0 aromatic carbocycles. The van der Waals surface area contributed by atoms with E-state index in [1.54, 1.807) is 0 Å². The molecular weight excluding hydrogens is 263 g/mol. The largest absolute Gasteiger partial charge is 0.471 e. The summed E-state index contributed by atoms with van der Waals surface area (Å²) in [6.45, 7) is -0.755. The average Bonchev–Trinajstić information content (AvgIpc) is 2.27. The summed E-state index contributed by atoms with van der Waals surface area (Å²) in [5.74, 6) is -2.39. The normalized spacial score (nSPS) is 37.4. The summed E-state index contributed by atoms with van der Waals surface area (Å²) in [4.78, 5) is 10.6. The topological polar surface area (TPSA) is 119 Å². The van der Waals surface area contributed by atoms with Crippen LogP contribution in [0.5, 0.6) is 0 Å². The second-order valence-corrected chi connectivity index (χ2v) is 3.73. The molecule has 7 nitrogen and oxygen atoms in total. The maximum absolute atomic E-state index is 12.0. The van der Waals surface area contributed by atoms with E-state index in [-0.39, 0.29) is 0 Å². The number of amides is 1. The van der Waals surface area contributed by atoms with Crippen LogP contribution in [0, 0.1) is 0 Å². The predicted molar refractivity (Wildman–Crippen MR) is 48.0 cm³/mol. The fourth-order valence-electron chi connectivity index (χ4n) is 1.49. The van der Waals surface area contributed by atoms with Crippen molar-refractivity contribution in [3.63, 3.8) is 0 Å². The van der Waals surface area contributed by atoms with Crippen LogP contribution in [-0.2, 0) is 9.53 Å². The lowest BCUT2D eigenvalue weighted by molar-refractivity contribution is -0.256. The third-order valence-corrected chi connectivity index (χ3v) is 2.46. The minimum atomic E-state index is -5.20. The van der Waals surface area contributed by atoms with Crippen molar-refractivity contribution in [3.8, 4) is 0 Å². The van der Waals surface area contributed by atoms with Gasteiger partial charge in [-0.3, -0.25) is 4.79 Å². The lowest BCUT2D eigenvalue weighted by Gasteiger charge is -2.40. The lowest BCUT2D eigenvalue weighted by atomic mass is 9.97. The maximum atomic E-state index is 12.0. The summed E-state index contributed by atoms with van der Waals surface area (Å²) in [5.41, 5.74) is 0. The predicted octanol–water partition coefficient (Wildman–Crippen LogP) is -2.54. The van der Waals surface area contributed by atoms with E-state index in [1.807, 2.05) is 0 Å². The molecule has 0 unspecified atom stereocenters. The number of carbonyl (C=O) groups is 1. The summed E-state index contributed by atoms with van der Waals surface area (Å²) in [6.07, 6.45) is -12.2. The summed E-state index contributed by atoms with van der Waals surface area (Å²) < 4.78 is 40.5. The molecule has 1 aliphatic heterocycles. The Kier molecular flexibility index (Phi) is 4.50. The van der Waals surface area contributed by atoms with Crippen LogP contribution in [0.15, 0.2) is 0 Å². The van der Waals surface area contributed by atoms with Crippen LogP contribution >= 0.6 is 0 Å². The summed E-state index contributed by atoms with van der Waals surface area (Å²) >= 11 is 0. The molecule has 0 aromatic heterocycles. The van der Waals surface area contributed by atoms with Gasteiger partial charge in [-0.15, -0.1) is 0 Å². The Labute approximate surface area is 98.8 Å². The van der Waals surface area contributed by atoms with Crippen molar-refractivity contribution in [1.82, 2.24) is 5.32 Å². The maximum Gasteiger partial charge on any atom is 0.471 e. The first-order chi connectivity index (χ1) is 8.18. The van der Waals surface area contributed by atoms with Crippen molar-refractivity contribution in [3.05, 3.63) is 0 Å². The van der Waals surface area contributed by atoms with Gasteiger partial charge in [-0.2, -0.15) is 13.2 Å². The van der Waals surface area contributed by atoms with E-state index in [0.29, 0.717) is 0 Å². The molecule has 0 aliphatic carbocycles. The minimum Gasteiger partial charge on any atom is -0.394 e. The van der Waals surface area contributed by atoms with Gasteiger partial charge >= 0.3 is 12.1 Å². The van der Waals surface area contributed by atoms with Crippen LogP contribution in [0.2, 0.25) is 0 Å². The van der Waals surface area contributed by atoms with Crippen molar-refractivity contribution >= 4 is 5.91 Å². The van der Waals surface area contributed by atoms with E-state index in [0.717, 1.165) is 0 Å². The summed E-state index contributed by atoms with van der Waals surface area (Å²) in [5, 5.41) is 38.1. The van der Waals surface area contributed by atoms with Gasteiger partial charge in [0.15, 0.2) is 6.29 Å². The van der Waals surface area contributed by atoms with E-state index in [1.165, 1.54) is 5.32 Å².